The maximum absolute atomic E-state index is 8.86. The molecule has 0 aromatic carbocycles. The van der Waals surface area contributed by atoms with E-state index in [2.05, 4.69) is 15.2 Å². The van der Waals surface area contributed by atoms with Crippen LogP contribution in [0.15, 0.2) is 6.20 Å². The van der Waals surface area contributed by atoms with Gasteiger partial charge in [-0.1, -0.05) is 5.21 Å². The van der Waals surface area contributed by atoms with Gasteiger partial charge in [-0.15, -0.1) is 5.10 Å². The van der Waals surface area contributed by atoms with Gasteiger partial charge < -0.3 is 5.11 Å². The minimum absolute atomic E-state index is 0.301. The lowest BCUT2D eigenvalue weighted by Gasteiger charge is -2.22. The second-order valence-electron chi connectivity index (χ2n) is 4.52. The van der Waals surface area contributed by atoms with E-state index < -0.39 is 0 Å². The monoisotopic (exact) mass is 224 g/mol. The van der Waals surface area contributed by atoms with Crippen LogP contribution in [0, 0.1) is 0 Å². The molecule has 2 heterocycles. The molecule has 16 heavy (non-hydrogen) atoms. The van der Waals surface area contributed by atoms with Crippen molar-refractivity contribution in [2.24, 2.45) is 7.05 Å². The van der Waals surface area contributed by atoms with Crippen molar-refractivity contribution >= 4 is 0 Å². The molecule has 90 valence electrons. The van der Waals surface area contributed by atoms with Crippen LogP contribution >= 0.6 is 0 Å². The van der Waals surface area contributed by atoms with Crippen molar-refractivity contribution in [3.63, 3.8) is 0 Å². The predicted molar refractivity (Wildman–Crippen MR) is 60.8 cm³/mol. The number of aliphatic hydroxyl groups is 1. The Morgan fingerprint density at radius 2 is 2.44 bits per heavy atom. The molecule has 5 nitrogen and oxygen atoms in total. The van der Waals surface area contributed by atoms with E-state index in [0.29, 0.717) is 12.6 Å². The van der Waals surface area contributed by atoms with Gasteiger partial charge >= 0.3 is 0 Å². The molecule has 1 N–H and O–H groups in total. The van der Waals surface area contributed by atoms with Gasteiger partial charge in [0.05, 0.1) is 5.69 Å². The van der Waals surface area contributed by atoms with Crippen LogP contribution in [-0.2, 0) is 13.6 Å². The van der Waals surface area contributed by atoms with Crippen LogP contribution in [0.3, 0.4) is 0 Å². The minimum atomic E-state index is 0.301. The molecule has 0 amide bonds. The molecule has 1 aliphatic rings. The highest BCUT2D eigenvalue weighted by Gasteiger charge is 2.24. The van der Waals surface area contributed by atoms with Crippen molar-refractivity contribution < 1.29 is 5.11 Å². The fraction of sp³-hybridized carbons (Fsp3) is 0.818. The van der Waals surface area contributed by atoms with Gasteiger partial charge in [0.25, 0.3) is 0 Å². The third-order valence-electron chi connectivity index (χ3n) is 3.21. The van der Waals surface area contributed by atoms with Crippen LogP contribution in [0.2, 0.25) is 0 Å². The van der Waals surface area contributed by atoms with Crippen LogP contribution in [0.1, 0.15) is 31.4 Å². The molecule has 1 unspecified atom stereocenters. The van der Waals surface area contributed by atoms with Crippen molar-refractivity contribution in [1.29, 1.82) is 0 Å². The summed E-state index contributed by atoms with van der Waals surface area (Å²) in [5.41, 5.74) is 1.04. The first kappa shape index (κ1) is 11.5. The van der Waals surface area contributed by atoms with Gasteiger partial charge in [0, 0.05) is 32.4 Å². The molecule has 0 spiro atoms. The highest BCUT2D eigenvalue weighted by atomic mass is 16.2. The topological polar surface area (TPSA) is 54.2 Å². The summed E-state index contributed by atoms with van der Waals surface area (Å²) >= 11 is 0. The molecule has 1 aliphatic heterocycles. The molecule has 1 aromatic heterocycles. The number of hydrogen-bond acceptors (Lipinski definition) is 4. The van der Waals surface area contributed by atoms with E-state index in [4.69, 9.17) is 5.11 Å². The summed E-state index contributed by atoms with van der Waals surface area (Å²) in [6.07, 6.45) is 6.48. The molecule has 1 aromatic rings. The van der Waals surface area contributed by atoms with Crippen LogP contribution in [0.4, 0.5) is 0 Å². The fourth-order valence-corrected chi connectivity index (χ4v) is 2.43. The maximum atomic E-state index is 8.86. The Morgan fingerprint density at radius 1 is 1.56 bits per heavy atom. The zero-order valence-corrected chi connectivity index (χ0v) is 9.84. The van der Waals surface area contributed by atoms with Crippen molar-refractivity contribution in [2.75, 3.05) is 13.2 Å². The highest BCUT2D eigenvalue weighted by molar-refractivity contribution is 4.94. The first-order chi connectivity index (χ1) is 7.79. The number of aromatic nitrogens is 3. The smallest absolute Gasteiger partial charge is 0.0967 e. The van der Waals surface area contributed by atoms with Gasteiger partial charge in [0.2, 0.25) is 0 Å². The predicted octanol–water partition coefficient (Wildman–Crippen LogP) is 0.552. The van der Waals surface area contributed by atoms with Gasteiger partial charge in [-0.2, -0.15) is 0 Å². The second kappa shape index (κ2) is 5.41. The quantitative estimate of drug-likeness (QED) is 0.793. The zero-order valence-electron chi connectivity index (χ0n) is 9.84. The van der Waals surface area contributed by atoms with Crippen LogP contribution in [-0.4, -0.2) is 44.2 Å². The number of nitrogens with zero attached hydrogens (tertiary/aromatic N) is 4. The lowest BCUT2D eigenvalue weighted by Crippen LogP contribution is -2.29. The fourth-order valence-electron chi connectivity index (χ4n) is 2.43. The van der Waals surface area contributed by atoms with Crippen LogP contribution in [0.25, 0.3) is 0 Å². The van der Waals surface area contributed by atoms with E-state index in [-0.39, 0.29) is 0 Å². The summed E-state index contributed by atoms with van der Waals surface area (Å²) in [6.45, 7) is 2.34. The number of aryl methyl sites for hydroxylation is 1. The zero-order chi connectivity index (χ0) is 11.4. The molecule has 5 heteroatoms. The largest absolute Gasteiger partial charge is 0.396 e. The summed E-state index contributed by atoms with van der Waals surface area (Å²) in [7, 11) is 1.89. The lowest BCUT2D eigenvalue weighted by molar-refractivity contribution is 0.208. The Bertz CT molecular complexity index is 326. The molecule has 1 saturated heterocycles. The number of likely N-dealkylation sites (tertiary alicyclic amines) is 1. The van der Waals surface area contributed by atoms with E-state index in [0.717, 1.165) is 31.6 Å². The van der Waals surface area contributed by atoms with Gasteiger partial charge in [-0.05, 0) is 32.2 Å². The maximum Gasteiger partial charge on any atom is 0.0967 e. The van der Waals surface area contributed by atoms with E-state index in [1.165, 1.54) is 12.8 Å². The van der Waals surface area contributed by atoms with E-state index >= 15 is 0 Å². The molecule has 0 aliphatic carbocycles. The molecular weight excluding hydrogens is 204 g/mol. The van der Waals surface area contributed by atoms with Gasteiger partial charge in [-0.3, -0.25) is 9.58 Å². The van der Waals surface area contributed by atoms with Crippen molar-refractivity contribution in [1.82, 2.24) is 19.9 Å². The summed E-state index contributed by atoms with van der Waals surface area (Å²) in [4.78, 5) is 2.46. The summed E-state index contributed by atoms with van der Waals surface area (Å²) < 4.78 is 1.74. The van der Waals surface area contributed by atoms with Crippen molar-refractivity contribution in [2.45, 2.75) is 38.3 Å². The standard InChI is InChI=1S/C11H20N4O/c1-14-8-10(12-13-14)9-15-6-2-4-11(15)5-3-7-16/h8,11,16H,2-7,9H2,1H3. The molecule has 1 fully saturated rings. The summed E-state index contributed by atoms with van der Waals surface area (Å²) in [5, 5.41) is 16.9. The summed E-state index contributed by atoms with van der Waals surface area (Å²) in [6, 6.07) is 0.620. The van der Waals surface area contributed by atoms with Gasteiger partial charge in [0.15, 0.2) is 0 Å². The SMILES string of the molecule is Cn1cc(CN2CCCC2CCCO)nn1. The number of aliphatic hydroxyl groups excluding tert-OH is 1. The summed E-state index contributed by atoms with van der Waals surface area (Å²) in [5.74, 6) is 0. The van der Waals surface area contributed by atoms with E-state index in [9.17, 15) is 0 Å². The molecular formula is C11H20N4O. The number of rotatable bonds is 5. The molecule has 0 radical (unpaired) electrons. The van der Waals surface area contributed by atoms with Crippen molar-refractivity contribution in [3.05, 3.63) is 11.9 Å². The first-order valence-electron chi connectivity index (χ1n) is 5.99. The van der Waals surface area contributed by atoms with E-state index in [1.54, 1.807) is 4.68 Å². The average molecular weight is 224 g/mol. The van der Waals surface area contributed by atoms with Gasteiger partial charge in [0.1, 0.15) is 0 Å². The molecule has 2 rings (SSSR count). The first-order valence-corrected chi connectivity index (χ1v) is 5.99. The Kier molecular flexibility index (Phi) is 3.90. The van der Waals surface area contributed by atoms with E-state index in [1.807, 2.05) is 13.2 Å². The Morgan fingerprint density at radius 3 is 3.12 bits per heavy atom. The molecule has 0 saturated carbocycles. The second-order valence-corrected chi connectivity index (χ2v) is 4.52. The normalized spacial score (nSPS) is 21.8. The Labute approximate surface area is 96.1 Å². The average Bonchev–Trinajstić information content (AvgIpc) is 2.86. The third kappa shape index (κ3) is 2.80. The third-order valence-corrected chi connectivity index (χ3v) is 3.21. The molecule has 0 bridgehead atoms. The van der Waals surface area contributed by atoms with Gasteiger partial charge in [-0.25, -0.2) is 0 Å². The number of hydrogen-bond donors (Lipinski definition) is 1. The van der Waals surface area contributed by atoms with Crippen LogP contribution < -0.4 is 0 Å². The highest BCUT2D eigenvalue weighted by Crippen LogP contribution is 2.22. The van der Waals surface area contributed by atoms with Crippen LogP contribution in [0.5, 0.6) is 0 Å². The van der Waals surface area contributed by atoms with Crippen molar-refractivity contribution in [3.8, 4) is 0 Å². The minimum Gasteiger partial charge on any atom is -0.396 e. The lowest BCUT2D eigenvalue weighted by atomic mass is 10.1. The molecule has 1 atom stereocenters. The Hall–Kier alpha value is -0.940. The Balaban J connectivity index is 1.88.